The van der Waals surface area contributed by atoms with Crippen LogP contribution in [0.4, 0.5) is 0 Å². The Hall–Kier alpha value is -2.32. The van der Waals surface area contributed by atoms with E-state index < -0.39 is 0 Å². The van der Waals surface area contributed by atoms with Crippen LogP contribution in [-0.2, 0) is 0 Å². The molecule has 0 bridgehead atoms. The first kappa shape index (κ1) is 11.5. The molecule has 3 heteroatoms. The van der Waals surface area contributed by atoms with Crippen molar-refractivity contribution >= 4 is 34.4 Å². The number of carbonyl (C=O) groups excluding carboxylic acids is 1. The van der Waals surface area contributed by atoms with Crippen LogP contribution in [0, 0.1) is 0 Å². The minimum atomic E-state index is 0.0153. The van der Waals surface area contributed by atoms with Gasteiger partial charge in [-0.25, -0.2) is 0 Å². The molecule has 1 heterocycles. The Bertz CT molecular complexity index is 887. The molecule has 4 rings (SSSR count). The van der Waals surface area contributed by atoms with E-state index in [2.05, 4.69) is 0 Å². The second kappa shape index (κ2) is 4.09. The van der Waals surface area contributed by atoms with Crippen LogP contribution in [0.15, 0.2) is 53.0 Å². The van der Waals surface area contributed by atoms with E-state index in [1.807, 2.05) is 48.5 Å². The summed E-state index contributed by atoms with van der Waals surface area (Å²) in [7, 11) is 0. The maximum atomic E-state index is 11.9. The number of hydrogen-bond donors (Lipinski definition) is 0. The summed E-state index contributed by atoms with van der Waals surface area (Å²) >= 11 is 6.04. The molecule has 0 N–H and O–H groups in total. The standard InChI is InChI=1S/C17H9ClO2/c18-11-4-1-3-10(9-11)17-13-7-8-14(19)12-5-2-6-15(20-17)16(12)13/h1-9H. The highest BCUT2D eigenvalue weighted by atomic mass is 35.5. The summed E-state index contributed by atoms with van der Waals surface area (Å²) < 4.78 is 5.94. The lowest BCUT2D eigenvalue weighted by Gasteiger charge is -2.05. The van der Waals surface area contributed by atoms with Crippen LogP contribution in [0.1, 0.15) is 15.9 Å². The fourth-order valence-corrected chi connectivity index (χ4v) is 2.82. The van der Waals surface area contributed by atoms with Gasteiger partial charge in [-0.2, -0.15) is 0 Å². The number of rotatable bonds is 1. The average molecular weight is 281 g/mol. The summed E-state index contributed by atoms with van der Waals surface area (Å²) in [6.45, 7) is 0. The Morgan fingerprint density at radius 3 is 2.70 bits per heavy atom. The average Bonchev–Trinajstić information content (AvgIpc) is 2.83. The van der Waals surface area contributed by atoms with Gasteiger partial charge in [-0.3, -0.25) is 4.79 Å². The smallest absolute Gasteiger partial charge is 0.186 e. The van der Waals surface area contributed by atoms with Gasteiger partial charge in [0.25, 0.3) is 0 Å². The Labute approximate surface area is 120 Å². The van der Waals surface area contributed by atoms with Gasteiger partial charge in [0.1, 0.15) is 11.3 Å². The predicted molar refractivity (Wildman–Crippen MR) is 80.0 cm³/mol. The largest absolute Gasteiger partial charge is 0.455 e. The molecule has 0 unspecified atom stereocenters. The second-order valence-corrected chi connectivity index (χ2v) is 5.17. The number of furan rings is 1. The van der Waals surface area contributed by atoms with Crippen LogP contribution < -0.4 is 0 Å². The van der Waals surface area contributed by atoms with Crippen molar-refractivity contribution in [1.82, 2.24) is 0 Å². The Balaban J connectivity index is 2.09. The Kier molecular flexibility index (Phi) is 2.35. The van der Waals surface area contributed by atoms with Crippen molar-refractivity contribution in [2.75, 3.05) is 0 Å². The van der Waals surface area contributed by atoms with Crippen molar-refractivity contribution in [3.8, 4) is 11.3 Å². The van der Waals surface area contributed by atoms with Gasteiger partial charge in [0.05, 0.1) is 0 Å². The monoisotopic (exact) mass is 280 g/mol. The van der Waals surface area contributed by atoms with Crippen LogP contribution in [-0.4, -0.2) is 5.78 Å². The van der Waals surface area contributed by atoms with Crippen molar-refractivity contribution in [2.45, 2.75) is 0 Å². The van der Waals surface area contributed by atoms with Crippen molar-refractivity contribution in [3.05, 3.63) is 64.7 Å². The van der Waals surface area contributed by atoms with Crippen LogP contribution in [0.2, 0.25) is 5.02 Å². The second-order valence-electron chi connectivity index (χ2n) is 4.73. The first-order chi connectivity index (χ1) is 9.74. The fraction of sp³-hybridized carbons (Fsp3) is 0. The summed E-state index contributed by atoms with van der Waals surface area (Å²) in [6, 6.07) is 13.1. The van der Waals surface area contributed by atoms with Gasteiger partial charge in [0, 0.05) is 27.1 Å². The Morgan fingerprint density at radius 1 is 1.00 bits per heavy atom. The van der Waals surface area contributed by atoms with E-state index >= 15 is 0 Å². The molecular weight excluding hydrogens is 272 g/mol. The van der Waals surface area contributed by atoms with Crippen molar-refractivity contribution in [1.29, 1.82) is 0 Å². The minimum Gasteiger partial charge on any atom is -0.455 e. The van der Waals surface area contributed by atoms with E-state index in [-0.39, 0.29) is 5.78 Å². The minimum absolute atomic E-state index is 0.0153. The zero-order valence-corrected chi connectivity index (χ0v) is 11.1. The molecule has 1 aliphatic rings. The number of allylic oxidation sites excluding steroid dienone is 1. The quantitative estimate of drug-likeness (QED) is 0.630. The summed E-state index contributed by atoms with van der Waals surface area (Å²) in [4.78, 5) is 11.9. The van der Waals surface area contributed by atoms with Gasteiger partial charge in [-0.1, -0.05) is 35.9 Å². The van der Waals surface area contributed by atoms with E-state index in [4.69, 9.17) is 16.0 Å². The molecule has 96 valence electrons. The Morgan fingerprint density at radius 2 is 1.85 bits per heavy atom. The van der Waals surface area contributed by atoms with E-state index in [1.165, 1.54) is 0 Å². The highest BCUT2D eigenvalue weighted by Gasteiger charge is 2.22. The molecule has 0 saturated carbocycles. The highest BCUT2D eigenvalue weighted by molar-refractivity contribution is 6.31. The lowest BCUT2D eigenvalue weighted by atomic mass is 9.95. The van der Waals surface area contributed by atoms with Crippen molar-refractivity contribution in [3.63, 3.8) is 0 Å². The third kappa shape index (κ3) is 1.55. The molecule has 20 heavy (non-hydrogen) atoms. The van der Waals surface area contributed by atoms with Gasteiger partial charge >= 0.3 is 0 Å². The van der Waals surface area contributed by atoms with Crippen LogP contribution in [0.3, 0.4) is 0 Å². The van der Waals surface area contributed by atoms with Gasteiger partial charge in [-0.15, -0.1) is 0 Å². The number of benzene rings is 2. The normalized spacial score (nSPS) is 13.2. The first-order valence-electron chi connectivity index (χ1n) is 6.28. The molecule has 0 spiro atoms. The maximum Gasteiger partial charge on any atom is 0.186 e. The molecule has 0 fully saturated rings. The van der Waals surface area contributed by atoms with Crippen molar-refractivity contribution < 1.29 is 9.21 Å². The lowest BCUT2D eigenvalue weighted by molar-refractivity contribution is 0.104. The summed E-state index contributed by atoms with van der Waals surface area (Å²) in [6.07, 6.45) is 3.40. The molecule has 1 aromatic heterocycles. The topological polar surface area (TPSA) is 30.2 Å². The first-order valence-corrected chi connectivity index (χ1v) is 6.66. The number of ketones is 1. The summed E-state index contributed by atoms with van der Waals surface area (Å²) in [5.41, 5.74) is 3.27. The fourth-order valence-electron chi connectivity index (χ4n) is 2.63. The maximum absolute atomic E-state index is 11.9. The predicted octanol–water partition coefficient (Wildman–Crippen LogP) is 4.96. The van der Waals surface area contributed by atoms with Crippen LogP contribution in [0.25, 0.3) is 28.4 Å². The molecule has 0 radical (unpaired) electrons. The molecule has 2 aromatic carbocycles. The number of hydrogen-bond acceptors (Lipinski definition) is 2. The van der Waals surface area contributed by atoms with Gasteiger partial charge in [0.15, 0.2) is 5.78 Å². The zero-order valence-electron chi connectivity index (χ0n) is 10.4. The molecular formula is C17H9ClO2. The highest BCUT2D eigenvalue weighted by Crippen LogP contribution is 2.39. The van der Waals surface area contributed by atoms with E-state index in [0.29, 0.717) is 10.6 Å². The van der Waals surface area contributed by atoms with Gasteiger partial charge in [-0.05, 0) is 30.4 Å². The SMILES string of the molecule is O=C1C=Cc2c(-c3cccc(Cl)c3)oc3cccc1c23. The van der Waals surface area contributed by atoms with Gasteiger partial charge in [0.2, 0.25) is 0 Å². The molecule has 0 aliphatic heterocycles. The summed E-state index contributed by atoms with van der Waals surface area (Å²) in [5.74, 6) is 0.764. The van der Waals surface area contributed by atoms with Crippen LogP contribution in [0.5, 0.6) is 0 Å². The molecule has 3 aromatic rings. The third-order valence-electron chi connectivity index (χ3n) is 3.51. The molecule has 0 atom stereocenters. The number of halogens is 1. The van der Waals surface area contributed by atoms with Crippen LogP contribution >= 0.6 is 11.6 Å². The van der Waals surface area contributed by atoms with E-state index in [9.17, 15) is 4.79 Å². The number of carbonyl (C=O) groups is 1. The van der Waals surface area contributed by atoms with E-state index in [0.717, 1.165) is 27.9 Å². The molecule has 2 nitrogen and oxygen atoms in total. The molecule has 0 amide bonds. The van der Waals surface area contributed by atoms with Gasteiger partial charge < -0.3 is 4.42 Å². The molecule has 0 saturated heterocycles. The third-order valence-corrected chi connectivity index (χ3v) is 3.74. The van der Waals surface area contributed by atoms with Crippen molar-refractivity contribution in [2.24, 2.45) is 0 Å². The zero-order chi connectivity index (χ0) is 13.7. The lowest BCUT2D eigenvalue weighted by Crippen LogP contribution is -1.99. The molecule has 1 aliphatic carbocycles. The van der Waals surface area contributed by atoms with E-state index in [1.54, 1.807) is 6.08 Å². The summed E-state index contributed by atoms with van der Waals surface area (Å²) in [5, 5.41) is 1.54.